The number of aliphatic hydroxyl groups is 1. The van der Waals surface area contributed by atoms with Crippen molar-refractivity contribution in [1.82, 2.24) is 4.72 Å². The third-order valence-corrected chi connectivity index (χ3v) is 5.98. The van der Waals surface area contributed by atoms with E-state index >= 15 is 0 Å². The van der Waals surface area contributed by atoms with E-state index in [9.17, 15) is 13.5 Å². The number of halogens is 1. The minimum absolute atomic E-state index is 0.188. The fourth-order valence-corrected chi connectivity index (χ4v) is 4.75. The van der Waals surface area contributed by atoms with Gasteiger partial charge in [0.15, 0.2) is 0 Å². The summed E-state index contributed by atoms with van der Waals surface area (Å²) in [7, 11) is -3.59. The molecule has 0 aliphatic heterocycles. The molecule has 0 bridgehead atoms. The van der Waals surface area contributed by atoms with Gasteiger partial charge in [-0.25, -0.2) is 13.1 Å². The molecule has 1 saturated carbocycles. The van der Waals surface area contributed by atoms with Crippen LogP contribution in [0.5, 0.6) is 0 Å². The highest BCUT2D eigenvalue weighted by molar-refractivity contribution is 9.10. The maximum Gasteiger partial charge on any atom is 0.240 e. The van der Waals surface area contributed by atoms with Crippen LogP contribution in [0.3, 0.4) is 0 Å². The predicted molar refractivity (Wildman–Crippen MR) is 86.4 cm³/mol. The minimum atomic E-state index is -3.59. The van der Waals surface area contributed by atoms with Gasteiger partial charge in [0.25, 0.3) is 0 Å². The predicted octanol–water partition coefficient (Wildman–Crippen LogP) is 2.17. The third-order valence-electron chi connectivity index (χ3n) is 3.97. The van der Waals surface area contributed by atoms with Gasteiger partial charge in [-0.2, -0.15) is 0 Å². The summed E-state index contributed by atoms with van der Waals surface area (Å²) in [4.78, 5) is 0.200. The number of nitrogens with one attached hydrogen (secondary N) is 1. The van der Waals surface area contributed by atoms with E-state index in [1.807, 2.05) is 0 Å². The summed E-state index contributed by atoms with van der Waals surface area (Å²) in [6.45, 7) is 2.05. The van der Waals surface area contributed by atoms with Crippen LogP contribution in [0.15, 0.2) is 21.5 Å². The van der Waals surface area contributed by atoms with Gasteiger partial charge in [-0.3, -0.25) is 0 Å². The molecule has 1 aliphatic carbocycles. The Hall–Kier alpha value is -0.630. The Balaban J connectivity index is 2.12. The molecule has 7 heteroatoms. The highest BCUT2D eigenvalue weighted by atomic mass is 79.9. The average molecular weight is 377 g/mol. The van der Waals surface area contributed by atoms with Gasteiger partial charge in [0.2, 0.25) is 10.0 Å². The second-order valence-corrected chi connectivity index (χ2v) is 8.31. The molecule has 118 valence electrons. The molecule has 2 atom stereocenters. The lowest BCUT2D eigenvalue weighted by atomic mass is 9.87. The Bertz CT molecular complexity index is 619. The average Bonchev–Trinajstić information content (AvgIpc) is 2.41. The normalized spacial score (nSPS) is 23.2. The zero-order valence-electron chi connectivity index (χ0n) is 12.0. The molecule has 1 aromatic carbocycles. The number of hydrogen-bond donors (Lipinski definition) is 3. The largest absolute Gasteiger partial charge is 0.398 e. The van der Waals surface area contributed by atoms with E-state index in [1.54, 1.807) is 19.1 Å². The number of nitrogen functional groups attached to an aromatic ring is 1. The Labute approximate surface area is 134 Å². The van der Waals surface area contributed by atoms with Crippen molar-refractivity contribution in [2.24, 2.45) is 5.92 Å². The standard InChI is InChI=1S/C14H21BrN2O3S/c1-9-13(16)6-11(15)7-14(9)21(19,20)17-8-10-3-2-4-12(18)5-10/h6-7,10,12,17-18H,2-5,8,16H2,1H3. The van der Waals surface area contributed by atoms with E-state index in [1.165, 1.54) is 0 Å². The van der Waals surface area contributed by atoms with E-state index < -0.39 is 10.0 Å². The topological polar surface area (TPSA) is 92.4 Å². The molecule has 0 aromatic heterocycles. The van der Waals surface area contributed by atoms with Crippen LogP contribution in [0.2, 0.25) is 0 Å². The number of anilines is 1. The smallest absolute Gasteiger partial charge is 0.240 e. The second-order valence-electron chi connectivity index (χ2n) is 5.66. The van der Waals surface area contributed by atoms with Gasteiger partial charge in [-0.05, 0) is 49.8 Å². The summed E-state index contributed by atoms with van der Waals surface area (Å²) < 4.78 is 28.1. The minimum Gasteiger partial charge on any atom is -0.398 e. The first kappa shape index (κ1) is 16.7. The first-order valence-electron chi connectivity index (χ1n) is 7.03. The van der Waals surface area contributed by atoms with E-state index in [0.29, 0.717) is 28.7 Å². The zero-order valence-corrected chi connectivity index (χ0v) is 14.4. The molecule has 4 N–H and O–H groups in total. The Kier molecular flexibility index (Phi) is 5.29. The van der Waals surface area contributed by atoms with Crippen LogP contribution in [0, 0.1) is 12.8 Å². The molecule has 1 aromatic rings. The van der Waals surface area contributed by atoms with Gasteiger partial charge in [0.05, 0.1) is 11.0 Å². The lowest BCUT2D eigenvalue weighted by Crippen LogP contribution is -2.33. The number of nitrogens with two attached hydrogens (primary N) is 1. The van der Waals surface area contributed by atoms with Crippen molar-refractivity contribution >= 4 is 31.6 Å². The van der Waals surface area contributed by atoms with Crippen LogP contribution in [-0.2, 0) is 10.0 Å². The van der Waals surface area contributed by atoms with E-state index in [-0.39, 0.29) is 16.9 Å². The number of rotatable bonds is 4. The van der Waals surface area contributed by atoms with Crippen LogP contribution < -0.4 is 10.5 Å². The van der Waals surface area contributed by atoms with Gasteiger partial charge < -0.3 is 10.8 Å². The molecule has 5 nitrogen and oxygen atoms in total. The van der Waals surface area contributed by atoms with Crippen molar-refractivity contribution in [2.75, 3.05) is 12.3 Å². The van der Waals surface area contributed by atoms with E-state index in [2.05, 4.69) is 20.7 Å². The Morgan fingerprint density at radius 2 is 2.14 bits per heavy atom. The van der Waals surface area contributed by atoms with Crippen LogP contribution in [0.1, 0.15) is 31.2 Å². The first-order chi connectivity index (χ1) is 9.79. The summed E-state index contributed by atoms with van der Waals surface area (Å²) in [5.74, 6) is 0.188. The highest BCUT2D eigenvalue weighted by Gasteiger charge is 2.24. The molecule has 2 unspecified atom stereocenters. The number of sulfonamides is 1. The second kappa shape index (κ2) is 6.64. The summed E-state index contributed by atoms with van der Waals surface area (Å²) in [5.41, 5.74) is 6.81. The van der Waals surface area contributed by atoms with Crippen molar-refractivity contribution < 1.29 is 13.5 Å². The Morgan fingerprint density at radius 3 is 2.81 bits per heavy atom. The van der Waals surface area contributed by atoms with Gasteiger partial charge in [0.1, 0.15) is 0 Å². The lowest BCUT2D eigenvalue weighted by Gasteiger charge is -2.26. The fraction of sp³-hybridized carbons (Fsp3) is 0.571. The maximum absolute atomic E-state index is 12.4. The summed E-state index contributed by atoms with van der Waals surface area (Å²) >= 11 is 3.27. The van der Waals surface area contributed by atoms with Crippen LogP contribution in [0.25, 0.3) is 0 Å². The first-order valence-corrected chi connectivity index (χ1v) is 9.30. The molecule has 0 amide bonds. The SMILES string of the molecule is Cc1c(N)cc(Br)cc1S(=O)(=O)NCC1CCCC(O)C1. The van der Waals surface area contributed by atoms with Crippen LogP contribution in [-0.4, -0.2) is 26.2 Å². The lowest BCUT2D eigenvalue weighted by molar-refractivity contribution is 0.102. The molecule has 21 heavy (non-hydrogen) atoms. The van der Waals surface area contributed by atoms with E-state index in [4.69, 9.17) is 5.73 Å². The molecule has 0 saturated heterocycles. The molecule has 0 heterocycles. The molecule has 1 aliphatic rings. The van der Waals surface area contributed by atoms with Crippen molar-refractivity contribution in [3.63, 3.8) is 0 Å². The zero-order chi connectivity index (χ0) is 15.6. The summed E-state index contributed by atoms with van der Waals surface area (Å²) in [6, 6.07) is 3.25. The highest BCUT2D eigenvalue weighted by Crippen LogP contribution is 2.27. The quantitative estimate of drug-likeness (QED) is 0.702. The Morgan fingerprint density at radius 1 is 1.43 bits per heavy atom. The van der Waals surface area contributed by atoms with Crippen molar-refractivity contribution in [3.8, 4) is 0 Å². The molecule has 0 spiro atoms. The molecular weight excluding hydrogens is 356 g/mol. The van der Waals surface area contributed by atoms with Crippen molar-refractivity contribution in [2.45, 2.75) is 43.6 Å². The van der Waals surface area contributed by atoms with E-state index in [0.717, 1.165) is 19.3 Å². The summed E-state index contributed by atoms with van der Waals surface area (Å²) in [5, 5.41) is 9.64. The molecule has 0 radical (unpaired) electrons. The van der Waals surface area contributed by atoms with Gasteiger partial charge >= 0.3 is 0 Å². The molecule has 2 rings (SSSR count). The number of hydrogen-bond acceptors (Lipinski definition) is 4. The van der Waals surface area contributed by atoms with Gasteiger partial charge in [-0.15, -0.1) is 0 Å². The maximum atomic E-state index is 12.4. The number of aliphatic hydroxyl groups excluding tert-OH is 1. The van der Waals surface area contributed by atoms with Gasteiger partial charge in [-0.1, -0.05) is 22.4 Å². The number of benzene rings is 1. The van der Waals surface area contributed by atoms with Crippen LogP contribution >= 0.6 is 15.9 Å². The van der Waals surface area contributed by atoms with Gasteiger partial charge in [0, 0.05) is 16.7 Å². The van der Waals surface area contributed by atoms with Crippen molar-refractivity contribution in [3.05, 3.63) is 22.2 Å². The summed E-state index contributed by atoms with van der Waals surface area (Å²) in [6.07, 6.45) is 3.04. The third kappa shape index (κ3) is 4.18. The molecular formula is C14H21BrN2O3S. The molecule has 1 fully saturated rings. The monoisotopic (exact) mass is 376 g/mol. The van der Waals surface area contributed by atoms with Crippen molar-refractivity contribution in [1.29, 1.82) is 0 Å². The fourth-order valence-electron chi connectivity index (χ4n) is 2.71. The van der Waals surface area contributed by atoms with Crippen LogP contribution in [0.4, 0.5) is 5.69 Å².